The quantitative estimate of drug-likeness (QED) is 0.151. The summed E-state index contributed by atoms with van der Waals surface area (Å²) in [5.74, 6) is 3.44. The Balaban J connectivity index is 0.914. The second kappa shape index (κ2) is 18.3. The minimum atomic E-state index is 0.530. The highest BCUT2D eigenvalue weighted by Crippen LogP contribution is 2.48. The Bertz CT molecular complexity index is 5340. The lowest BCUT2D eigenvalue weighted by Gasteiger charge is -2.14. The highest BCUT2D eigenvalue weighted by molar-refractivity contribution is 7.26. The maximum Gasteiger partial charge on any atom is 0.238 e. The van der Waals surface area contributed by atoms with Crippen LogP contribution in [0.3, 0.4) is 0 Å². The van der Waals surface area contributed by atoms with Crippen molar-refractivity contribution in [3.63, 3.8) is 0 Å². The molecule has 0 atom stereocenters. The van der Waals surface area contributed by atoms with Gasteiger partial charge in [0, 0.05) is 75.7 Å². The molecule has 9 nitrogen and oxygen atoms in total. The van der Waals surface area contributed by atoms with Gasteiger partial charge in [0.2, 0.25) is 11.9 Å². The van der Waals surface area contributed by atoms with E-state index in [9.17, 15) is 0 Å². The summed E-state index contributed by atoms with van der Waals surface area (Å²) in [7, 11) is 0. The molecule has 382 valence electrons. The normalized spacial score (nSPS) is 11.9. The first kappa shape index (κ1) is 46.0. The first-order valence-corrected chi connectivity index (χ1v) is 28.2. The third-order valence-corrected chi connectivity index (χ3v) is 17.1. The van der Waals surface area contributed by atoms with E-state index in [1.54, 1.807) is 11.3 Å². The van der Waals surface area contributed by atoms with Crippen molar-refractivity contribution >= 4 is 96.9 Å². The number of hydrogen-bond donors (Lipinski definition) is 0. The zero-order chi connectivity index (χ0) is 53.8. The molecule has 0 saturated heterocycles. The summed E-state index contributed by atoms with van der Waals surface area (Å²) in [5.41, 5.74) is 13.1. The van der Waals surface area contributed by atoms with Gasteiger partial charge in [-0.05, 0) is 59.7 Å². The third-order valence-electron chi connectivity index (χ3n) is 15.9. The molecule has 0 radical (unpaired) electrons. The lowest BCUT2D eigenvalue weighted by Crippen LogP contribution is -2.07. The van der Waals surface area contributed by atoms with Crippen molar-refractivity contribution in [2.45, 2.75) is 0 Å². The Hall–Kier alpha value is -10.9. The molecule has 82 heavy (non-hydrogen) atoms. The van der Waals surface area contributed by atoms with Gasteiger partial charge < -0.3 is 4.57 Å². The first-order valence-electron chi connectivity index (χ1n) is 27.4. The predicted molar refractivity (Wildman–Crippen MR) is 336 cm³/mol. The van der Waals surface area contributed by atoms with Gasteiger partial charge in [-0.25, -0.2) is 9.97 Å². The molecule has 0 aliphatic carbocycles. The van der Waals surface area contributed by atoms with E-state index in [-0.39, 0.29) is 0 Å². The zero-order valence-electron chi connectivity index (χ0n) is 43.8. The van der Waals surface area contributed by atoms with Crippen LogP contribution in [0.1, 0.15) is 0 Å². The summed E-state index contributed by atoms with van der Waals surface area (Å²) in [6.45, 7) is 0. The van der Waals surface area contributed by atoms with Crippen LogP contribution in [0, 0.1) is 0 Å². The molecule has 6 aromatic heterocycles. The number of nitrogens with zero attached hydrogens (tertiary/aromatic N) is 9. The van der Waals surface area contributed by atoms with Crippen molar-refractivity contribution in [1.82, 2.24) is 43.6 Å². The second-order valence-corrected chi connectivity index (χ2v) is 21.7. The van der Waals surface area contributed by atoms with Gasteiger partial charge >= 0.3 is 0 Å². The summed E-state index contributed by atoms with van der Waals surface area (Å²) in [4.78, 5) is 32.1. The fraction of sp³-hybridized carbons (Fsp3) is 0. The molecule has 6 heterocycles. The van der Waals surface area contributed by atoms with Gasteiger partial charge in [-0.3, -0.25) is 9.13 Å². The average Bonchev–Trinajstić information content (AvgIpc) is 2.24. The van der Waals surface area contributed by atoms with E-state index in [1.807, 2.05) is 54.6 Å². The van der Waals surface area contributed by atoms with E-state index in [2.05, 4.69) is 220 Å². The summed E-state index contributed by atoms with van der Waals surface area (Å²) in [6, 6.07) is 91.5. The van der Waals surface area contributed by atoms with Gasteiger partial charge in [-0.1, -0.05) is 212 Å². The molecule has 0 bridgehead atoms. The van der Waals surface area contributed by atoms with Gasteiger partial charge in [0.25, 0.3) is 0 Å². The topological polar surface area (TPSA) is 92.1 Å². The standard InChI is InChI=1S/C72H43N9S/c1-5-22-44(23-6-1)67-73-68(45-24-7-2-8-25-45)77-72(76-67)81-60-38-19-15-34-52(60)57-43-56(62-55-35-16-20-39-61(55)82-66(62)65(57)81)47-28-21-29-48(42-47)70-74-69(46-26-9-3-10-27-46)75-71(78-70)80-59-37-18-14-33-51(59)54-41-40-53-50-32-13-17-36-58(50)79(63(53)64(54)80)49-30-11-4-12-31-49/h1-43H. The molecule has 17 aromatic rings. The number of fused-ring (bicyclic) bond motifs is 14. The number of hydrogen-bond acceptors (Lipinski definition) is 7. The van der Waals surface area contributed by atoms with Crippen LogP contribution < -0.4 is 0 Å². The third kappa shape index (κ3) is 7.11. The molecule has 0 amide bonds. The minimum absolute atomic E-state index is 0.530. The van der Waals surface area contributed by atoms with Gasteiger partial charge in [-0.2, -0.15) is 19.9 Å². The monoisotopic (exact) mass is 1070 g/mol. The SMILES string of the molecule is c1ccc(-c2nc(-c3ccccc3)nc(-n3c4ccccc4c4cc(-c5cccc(-c6nc(-c7ccccc7)nc(-n7c8ccccc8c8ccc9c%10ccccc%10n(-c%10ccccc%10)c9c87)n6)c5)c5c6ccccc6sc5c43)n2)cc1. The van der Waals surface area contributed by atoms with E-state index < -0.39 is 0 Å². The number of rotatable bonds is 8. The Labute approximate surface area is 473 Å². The Morgan fingerprint density at radius 2 is 0.671 bits per heavy atom. The summed E-state index contributed by atoms with van der Waals surface area (Å²) in [5, 5.41) is 9.06. The van der Waals surface area contributed by atoms with E-state index in [1.165, 1.54) is 15.5 Å². The van der Waals surface area contributed by atoms with E-state index >= 15 is 0 Å². The van der Waals surface area contributed by atoms with Crippen molar-refractivity contribution in [3.05, 3.63) is 261 Å². The van der Waals surface area contributed by atoms with Crippen molar-refractivity contribution in [1.29, 1.82) is 0 Å². The Morgan fingerprint density at radius 1 is 0.268 bits per heavy atom. The van der Waals surface area contributed by atoms with Crippen molar-refractivity contribution in [2.75, 3.05) is 0 Å². The van der Waals surface area contributed by atoms with Gasteiger partial charge in [-0.15, -0.1) is 11.3 Å². The van der Waals surface area contributed by atoms with Gasteiger partial charge in [0.05, 0.1) is 37.8 Å². The molecule has 0 spiro atoms. The van der Waals surface area contributed by atoms with Crippen LogP contribution in [-0.2, 0) is 0 Å². The van der Waals surface area contributed by atoms with Crippen molar-refractivity contribution in [3.8, 4) is 74.3 Å². The number of benzene rings is 11. The number of para-hydroxylation sites is 4. The maximum absolute atomic E-state index is 5.57. The highest BCUT2D eigenvalue weighted by Gasteiger charge is 2.26. The molecule has 0 saturated carbocycles. The fourth-order valence-corrected chi connectivity index (χ4v) is 13.6. The van der Waals surface area contributed by atoms with Crippen LogP contribution in [0.25, 0.3) is 160 Å². The van der Waals surface area contributed by atoms with Crippen LogP contribution in [-0.4, -0.2) is 43.6 Å². The van der Waals surface area contributed by atoms with Crippen LogP contribution in [0.15, 0.2) is 261 Å². The van der Waals surface area contributed by atoms with Crippen molar-refractivity contribution < 1.29 is 0 Å². The summed E-state index contributed by atoms with van der Waals surface area (Å²) < 4.78 is 9.23. The predicted octanol–water partition coefficient (Wildman–Crippen LogP) is 18.1. The van der Waals surface area contributed by atoms with Gasteiger partial charge in [0.1, 0.15) is 0 Å². The highest BCUT2D eigenvalue weighted by atomic mass is 32.1. The lowest BCUT2D eigenvalue weighted by molar-refractivity contribution is 0.953. The summed E-state index contributed by atoms with van der Waals surface area (Å²) in [6.07, 6.45) is 0. The number of aromatic nitrogens is 9. The molecule has 10 heteroatoms. The van der Waals surface area contributed by atoms with Crippen LogP contribution in [0.2, 0.25) is 0 Å². The first-order chi connectivity index (χ1) is 40.7. The zero-order valence-corrected chi connectivity index (χ0v) is 44.6. The molecule has 0 aliphatic heterocycles. The Kier molecular flexibility index (Phi) is 10.3. The number of thiophene rings is 1. The minimum Gasteiger partial charge on any atom is -0.307 e. The smallest absolute Gasteiger partial charge is 0.238 e. The van der Waals surface area contributed by atoms with Crippen LogP contribution in [0.4, 0.5) is 0 Å². The molecule has 0 N–H and O–H groups in total. The van der Waals surface area contributed by atoms with E-state index in [0.29, 0.717) is 35.2 Å². The van der Waals surface area contributed by atoms with E-state index in [0.717, 1.165) is 109 Å². The molecular weight excluding hydrogens is 1020 g/mol. The molecule has 17 rings (SSSR count). The molecule has 0 aliphatic rings. The average molecular weight is 1070 g/mol. The maximum atomic E-state index is 5.57. The summed E-state index contributed by atoms with van der Waals surface area (Å²) >= 11 is 1.80. The van der Waals surface area contributed by atoms with Gasteiger partial charge in [0.15, 0.2) is 23.3 Å². The fourth-order valence-electron chi connectivity index (χ4n) is 12.4. The molecule has 11 aromatic carbocycles. The van der Waals surface area contributed by atoms with Crippen LogP contribution in [0.5, 0.6) is 0 Å². The lowest BCUT2D eigenvalue weighted by atomic mass is 9.95. The molecule has 0 fully saturated rings. The van der Waals surface area contributed by atoms with Crippen molar-refractivity contribution in [2.24, 2.45) is 0 Å². The molecule has 0 unspecified atom stereocenters. The second-order valence-electron chi connectivity index (χ2n) is 20.6. The Morgan fingerprint density at radius 3 is 1.22 bits per heavy atom. The van der Waals surface area contributed by atoms with E-state index in [4.69, 9.17) is 29.9 Å². The molecular formula is C72H43N9S. The largest absolute Gasteiger partial charge is 0.307 e. The van der Waals surface area contributed by atoms with Crippen LogP contribution >= 0.6 is 11.3 Å².